The van der Waals surface area contributed by atoms with Gasteiger partial charge in [0.2, 0.25) is 0 Å². The standard InChI is InChI=1S/C13H24O2/c1-9(2)6-10-7-11(8-10)12(14)15-13(3,4)5/h9-11H,6-8H2,1-5H3. The number of rotatable bonds is 3. The molecule has 1 fully saturated rings. The van der Waals surface area contributed by atoms with E-state index in [1.807, 2.05) is 20.8 Å². The Hall–Kier alpha value is -0.530. The van der Waals surface area contributed by atoms with Crippen LogP contribution in [0.15, 0.2) is 0 Å². The number of carbonyl (C=O) groups excluding carboxylic acids is 1. The van der Waals surface area contributed by atoms with Crippen molar-refractivity contribution in [2.45, 2.75) is 59.5 Å². The van der Waals surface area contributed by atoms with Crippen molar-refractivity contribution in [2.24, 2.45) is 17.8 Å². The summed E-state index contributed by atoms with van der Waals surface area (Å²) in [6.45, 7) is 10.3. The van der Waals surface area contributed by atoms with Crippen LogP contribution >= 0.6 is 0 Å². The summed E-state index contributed by atoms with van der Waals surface area (Å²) in [6.07, 6.45) is 3.32. The number of hydrogen-bond acceptors (Lipinski definition) is 2. The molecule has 0 radical (unpaired) electrons. The van der Waals surface area contributed by atoms with E-state index in [4.69, 9.17) is 4.74 Å². The Labute approximate surface area is 93.4 Å². The topological polar surface area (TPSA) is 26.3 Å². The maximum Gasteiger partial charge on any atom is 0.309 e. The Morgan fingerprint density at radius 3 is 2.27 bits per heavy atom. The zero-order chi connectivity index (χ0) is 11.6. The lowest BCUT2D eigenvalue weighted by atomic mass is 9.71. The summed E-state index contributed by atoms with van der Waals surface area (Å²) in [7, 11) is 0. The number of hydrogen-bond donors (Lipinski definition) is 0. The quantitative estimate of drug-likeness (QED) is 0.670. The Bertz CT molecular complexity index is 219. The SMILES string of the molecule is CC(C)CC1CC(C(=O)OC(C)(C)C)C1. The van der Waals surface area contributed by atoms with Crippen molar-refractivity contribution in [3.8, 4) is 0 Å². The van der Waals surface area contributed by atoms with Crippen LogP contribution < -0.4 is 0 Å². The van der Waals surface area contributed by atoms with Crippen LogP contribution in [0, 0.1) is 17.8 Å². The smallest absolute Gasteiger partial charge is 0.309 e. The van der Waals surface area contributed by atoms with E-state index in [2.05, 4.69) is 13.8 Å². The molecule has 0 aromatic heterocycles. The molecule has 1 saturated carbocycles. The van der Waals surface area contributed by atoms with Gasteiger partial charge in [0.15, 0.2) is 0 Å². The highest BCUT2D eigenvalue weighted by Crippen LogP contribution is 2.39. The van der Waals surface area contributed by atoms with Gasteiger partial charge in [-0.1, -0.05) is 13.8 Å². The summed E-state index contributed by atoms with van der Waals surface area (Å²) in [5.74, 6) is 1.67. The van der Waals surface area contributed by atoms with Gasteiger partial charge in [-0.3, -0.25) is 4.79 Å². The average Bonchev–Trinajstić information content (AvgIpc) is 1.91. The third-order valence-corrected chi connectivity index (χ3v) is 2.78. The van der Waals surface area contributed by atoms with Crippen LogP contribution in [-0.4, -0.2) is 11.6 Å². The molecule has 0 heterocycles. The van der Waals surface area contributed by atoms with E-state index in [0.29, 0.717) is 0 Å². The molecule has 1 aliphatic carbocycles. The molecule has 0 atom stereocenters. The molecular formula is C13H24O2. The predicted octanol–water partition coefficient (Wildman–Crippen LogP) is 3.40. The first-order valence-corrected chi connectivity index (χ1v) is 6.01. The lowest BCUT2D eigenvalue weighted by Crippen LogP contribution is -2.36. The van der Waals surface area contributed by atoms with Gasteiger partial charge in [-0.25, -0.2) is 0 Å². The van der Waals surface area contributed by atoms with Gasteiger partial charge in [-0.2, -0.15) is 0 Å². The van der Waals surface area contributed by atoms with Crippen LogP contribution in [0.2, 0.25) is 0 Å². The second-order valence-electron chi connectivity index (χ2n) is 6.20. The summed E-state index contributed by atoms with van der Waals surface area (Å²) < 4.78 is 5.36. The second-order valence-corrected chi connectivity index (χ2v) is 6.20. The van der Waals surface area contributed by atoms with Crippen molar-refractivity contribution in [3.63, 3.8) is 0 Å². The van der Waals surface area contributed by atoms with Crippen LogP contribution in [0.4, 0.5) is 0 Å². The maximum atomic E-state index is 11.7. The van der Waals surface area contributed by atoms with Gasteiger partial charge >= 0.3 is 5.97 Å². The molecule has 0 aromatic rings. The summed E-state index contributed by atoms with van der Waals surface area (Å²) in [5.41, 5.74) is -0.333. The first-order valence-electron chi connectivity index (χ1n) is 6.01. The Balaban J connectivity index is 2.24. The summed E-state index contributed by atoms with van der Waals surface area (Å²) in [6, 6.07) is 0. The number of carbonyl (C=O) groups is 1. The largest absolute Gasteiger partial charge is 0.460 e. The Morgan fingerprint density at radius 1 is 1.33 bits per heavy atom. The average molecular weight is 212 g/mol. The molecule has 2 heteroatoms. The van der Waals surface area contributed by atoms with Crippen molar-refractivity contribution in [2.75, 3.05) is 0 Å². The van der Waals surface area contributed by atoms with Crippen molar-refractivity contribution < 1.29 is 9.53 Å². The molecule has 0 saturated heterocycles. The van der Waals surface area contributed by atoms with Gasteiger partial charge in [-0.05, 0) is 51.9 Å². The molecule has 2 nitrogen and oxygen atoms in total. The molecule has 15 heavy (non-hydrogen) atoms. The van der Waals surface area contributed by atoms with Gasteiger partial charge in [-0.15, -0.1) is 0 Å². The van der Waals surface area contributed by atoms with E-state index < -0.39 is 0 Å². The fraction of sp³-hybridized carbons (Fsp3) is 0.923. The second kappa shape index (κ2) is 4.54. The maximum absolute atomic E-state index is 11.7. The third kappa shape index (κ3) is 4.23. The van der Waals surface area contributed by atoms with Crippen molar-refractivity contribution in [3.05, 3.63) is 0 Å². The molecule has 0 unspecified atom stereocenters. The van der Waals surface area contributed by atoms with Gasteiger partial charge in [0.05, 0.1) is 5.92 Å². The molecule has 1 rings (SSSR count). The van der Waals surface area contributed by atoms with Gasteiger partial charge in [0.25, 0.3) is 0 Å². The molecule has 0 spiro atoms. The highest BCUT2D eigenvalue weighted by Gasteiger charge is 2.36. The predicted molar refractivity (Wildman–Crippen MR) is 61.5 cm³/mol. The van der Waals surface area contributed by atoms with E-state index in [1.165, 1.54) is 6.42 Å². The van der Waals surface area contributed by atoms with E-state index in [0.717, 1.165) is 24.7 Å². The molecule has 88 valence electrons. The normalized spacial score (nSPS) is 26.3. The molecule has 0 amide bonds. The first-order chi connectivity index (χ1) is 6.78. The van der Waals surface area contributed by atoms with Crippen LogP contribution in [0.25, 0.3) is 0 Å². The molecule has 0 N–H and O–H groups in total. The van der Waals surface area contributed by atoms with Gasteiger partial charge in [0, 0.05) is 0 Å². The minimum atomic E-state index is -0.333. The third-order valence-electron chi connectivity index (χ3n) is 2.78. The van der Waals surface area contributed by atoms with Crippen molar-refractivity contribution in [1.29, 1.82) is 0 Å². The van der Waals surface area contributed by atoms with E-state index in [-0.39, 0.29) is 17.5 Å². The lowest BCUT2D eigenvalue weighted by Gasteiger charge is -2.36. The minimum Gasteiger partial charge on any atom is -0.460 e. The highest BCUT2D eigenvalue weighted by molar-refractivity contribution is 5.73. The Morgan fingerprint density at radius 2 is 1.87 bits per heavy atom. The van der Waals surface area contributed by atoms with E-state index in [9.17, 15) is 4.79 Å². The summed E-state index contributed by atoms with van der Waals surface area (Å²) in [4.78, 5) is 11.7. The van der Waals surface area contributed by atoms with Gasteiger partial charge < -0.3 is 4.74 Å². The fourth-order valence-corrected chi connectivity index (χ4v) is 2.17. The van der Waals surface area contributed by atoms with Crippen LogP contribution in [0.3, 0.4) is 0 Å². The minimum absolute atomic E-state index is 0.00232. The summed E-state index contributed by atoms with van der Waals surface area (Å²) in [5, 5.41) is 0. The van der Waals surface area contributed by atoms with E-state index >= 15 is 0 Å². The zero-order valence-corrected chi connectivity index (χ0v) is 10.7. The Kier molecular flexibility index (Phi) is 3.80. The van der Waals surface area contributed by atoms with Crippen molar-refractivity contribution in [1.82, 2.24) is 0 Å². The van der Waals surface area contributed by atoms with Gasteiger partial charge in [0.1, 0.15) is 5.60 Å². The fourth-order valence-electron chi connectivity index (χ4n) is 2.17. The molecule has 0 bridgehead atoms. The number of esters is 1. The summed E-state index contributed by atoms with van der Waals surface area (Å²) >= 11 is 0. The van der Waals surface area contributed by atoms with Crippen LogP contribution in [-0.2, 0) is 9.53 Å². The van der Waals surface area contributed by atoms with Crippen molar-refractivity contribution >= 4 is 5.97 Å². The molecule has 0 aromatic carbocycles. The van der Waals surface area contributed by atoms with Crippen LogP contribution in [0.1, 0.15) is 53.9 Å². The highest BCUT2D eigenvalue weighted by atomic mass is 16.6. The molecule has 0 aliphatic heterocycles. The monoisotopic (exact) mass is 212 g/mol. The van der Waals surface area contributed by atoms with E-state index in [1.54, 1.807) is 0 Å². The molecule has 1 aliphatic rings. The number of ether oxygens (including phenoxy) is 1. The zero-order valence-electron chi connectivity index (χ0n) is 10.7. The molecular weight excluding hydrogens is 188 g/mol. The van der Waals surface area contributed by atoms with Crippen LogP contribution in [0.5, 0.6) is 0 Å². The lowest BCUT2D eigenvalue weighted by molar-refractivity contribution is -0.165. The first kappa shape index (κ1) is 12.5.